The SMILES string of the molecule is CCN(c1ccc(Br)cc1CNC1CC1)C1CC1. The minimum atomic E-state index is 0.771. The zero-order valence-electron chi connectivity index (χ0n) is 11.0. The molecule has 0 bridgehead atoms. The number of nitrogens with zero attached hydrogens (tertiary/aromatic N) is 1. The third kappa shape index (κ3) is 2.89. The van der Waals surface area contributed by atoms with Gasteiger partial charge in [0, 0.05) is 35.3 Å². The third-order valence-electron chi connectivity index (χ3n) is 3.84. The Labute approximate surface area is 118 Å². The molecular weight excluding hydrogens is 288 g/mol. The highest BCUT2D eigenvalue weighted by atomic mass is 79.9. The van der Waals surface area contributed by atoms with E-state index in [9.17, 15) is 0 Å². The fourth-order valence-corrected chi connectivity index (χ4v) is 2.94. The smallest absolute Gasteiger partial charge is 0.0415 e. The van der Waals surface area contributed by atoms with Gasteiger partial charge in [0.1, 0.15) is 0 Å². The van der Waals surface area contributed by atoms with Crippen molar-refractivity contribution in [2.75, 3.05) is 11.4 Å². The van der Waals surface area contributed by atoms with Gasteiger partial charge in [0.2, 0.25) is 0 Å². The Morgan fingerprint density at radius 3 is 2.67 bits per heavy atom. The monoisotopic (exact) mass is 308 g/mol. The average Bonchev–Trinajstić information content (AvgIpc) is 3.24. The van der Waals surface area contributed by atoms with Gasteiger partial charge in [-0.3, -0.25) is 0 Å². The minimum absolute atomic E-state index is 0.771. The maximum atomic E-state index is 3.63. The Kier molecular flexibility index (Phi) is 3.62. The van der Waals surface area contributed by atoms with Gasteiger partial charge >= 0.3 is 0 Å². The summed E-state index contributed by atoms with van der Waals surface area (Å²) >= 11 is 3.60. The lowest BCUT2D eigenvalue weighted by Gasteiger charge is -2.26. The van der Waals surface area contributed by atoms with Gasteiger partial charge in [0.25, 0.3) is 0 Å². The maximum Gasteiger partial charge on any atom is 0.0415 e. The number of halogens is 1. The Hall–Kier alpha value is -0.540. The Morgan fingerprint density at radius 1 is 1.28 bits per heavy atom. The molecule has 0 spiro atoms. The molecule has 2 aliphatic carbocycles. The highest BCUT2D eigenvalue weighted by Gasteiger charge is 2.29. The lowest BCUT2D eigenvalue weighted by Crippen LogP contribution is -2.27. The van der Waals surface area contributed by atoms with Crippen molar-refractivity contribution in [1.29, 1.82) is 0 Å². The van der Waals surface area contributed by atoms with Crippen LogP contribution in [0.25, 0.3) is 0 Å². The van der Waals surface area contributed by atoms with Crippen molar-refractivity contribution in [3.8, 4) is 0 Å². The molecule has 0 amide bonds. The minimum Gasteiger partial charge on any atom is -0.369 e. The van der Waals surface area contributed by atoms with E-state index in [-0.39, 0.29) is 0 Å². The zero-order valence-corrected chi connectivity index (χ0v) is 12.5. The molecule has 0 saturated heterocycles. The van der Waals surface area contributed by atoms with Gasteiger partial charge in [0.15, 0.2) is 0 Å². The van der Waals surface area contributed by atoms with E-state index in [2.05, 4.69) is 51.3 Å². The molecular formula is C15H21BrN2. The summed E-state index contributed by atoms with van der Waals surface area (Å²) in [5.41, 5.74) is 2.86. The first-order valence-corrected chi connectivity index (χ1v) is 7.85. The molecule has 18 heavy (non-hydrogen) atoms. The van der Waals surface area contributed by atoms with E-state index < -0.39 is 0 Å². The molecule has 0 atom stereocenters. The van der Waals surface area contributed by atoms with Crippen LogP contribution in [0.1, 0.15) is 38.2 Å². The van der Waals surface area contributed by atoms with E-state index in [1.54, 1.807) is 0 Å². The molecule has 1 N–H and O–H groups in total. The van der Waals surface area contributed by atoms with Crippen LogP contribution in [0.5, 0.6) is 0 Å². The van der Waals surface area contributed by atoms with Crippen molar-refractivity contribution >= 4 is 21.6 Å². The first-order chi connectivity index (χ1) is 8.78. The molecule has 1 aromatic carbocycles. The number of hydrogen-bond donors (Lipinski definition) is 1. The van der Waals surface area contributed by atoms with E-state index in [1.165, 1.54) is 41.4 Å². The summed E-state index contributed by atoms with van der Waals surface area (Å²) in [4.78, 5) is 2.57. The van der Waals surface area contributed by atoms with Crippen molar-refractivity contribution in [2.24, 2.45) is 0 Å². The van der Waals surface area contributed by atoms with Crippen LogP contribution in [0.2, 0.25) is 0 Å². The van der Waals surface area contributed by atoms with Gasteiger partial charge < -0.3 is 10.2 Å². The largest absolute Gasteiger partial charge is 0.369 e. The van der Waals surface area contributed by atoms with Crippen molar-refractivity contribution in [3.63, 3.8) is 0 Å². The van der Waals surface area contributed by atoms with Crippen LogP contribution in [0.15, 0.2) is 22.7 Å². The second kappa shape index (κ2) is 5.22. The Balaban J connectivity index is 1.80. The Morgan fingerprint density at radius 2 is 2.06 bits per heavy atom. The number of anilines is 1. The predicted octanol–water partition coefficient (Wildman–Crippen LogP) is 3.69. The summed E-state index contributed by atoms with van der Waals surface area (Å²) in [6.07, 6.45) is 5.42. The lowest BCUT2D eigenvalue weighted by atomic mass is 10.1. The summed E-state index contributed by atoms with van der Waals surface area (Å²) in [6, 6.07) is 8.27. The molecule has 2 aliphatic rings. The summed E-state index contributed by atoms with van der Waals surface area (Å²) < 4.78 is 1.19. The van der Waals surface area contributed by atoms with Gasteiger partial charge in [-0.15, -0.1) is 0 Å². The normalized spacial score (nSPS) is 19.0. The Bertz CT molecular complexity index is 425. The van der Waals surface area contributed by atoms with Crippen LogP contribution in [0.4, 0.5) is 5.69 Å². The molecule has 3 heteroatoms. The van der Waals surface area contributed by atoms with Crippen molar-refractivity contribution < 1.29 is 0 Å². The summed E-state index contributed by atoms with van der Waals surface area (Å²) in [6.45, 7) is 4.38. The highest BCUT2D eigenvalue weighted by Crippen LogP contribution is 2.34. The number of hydrogen-bond acceptors (Lipinski definition) is 2. The number of rotatable bonds is 6. The topological polar surface area (TPSA) is 15.3 Å². The number of nitrogens with one attached hydrogen (secondary N) is 1. The fraction of sp³-hybridized carbons (Fsp3) is 0.600. The van der Waals surface area contributed by atoms with Gasteiger partial charge in [-0.05, 0) is 56.4 Å². The second-order valence-corrected chi connectivity index (χ2v) is 6.36. The first kappa shape index (κ1) is 12.5. The molecule has 3 rings (SSSR count). The van der Waals surface area contributed by atoms with Gasteiger partial charge in [-0.25, -0.2) is 0 Å². The lowest BCUT2D eigenvalue weighted by molar-refractivity contribution is 0.682. The standard InChI is InChI=1S/C15H21BrN2/c1-2-18(14-6-7-14)15-8-3-12(16)9-11(15)10-17-13-4-5-13/h3,8-9,13-14,17H,2,4-7,10H2,1H3. The van der Waals surface area contributed by atoms with Crippen LogP contribution in [-0.4, -0.2) is 18.6 Å². The molecule has 0 unspecified atom stereocenters. The second-order valence-electron chi connectivity index (χ2n) is 5.45. The van der Waals surface area contributed by atoms with E-state index in [1.807, 2.05) is 0 Å². The van der Waals surface area contributed by atoms with Crippen molar-refractivity contribution in [1.82, 2.24) is 5.32 Å². The molecule has 0 aliphatic heterocycles. The fourth-order valence-electron chi connectivity index (χ4n) is 2.53. The van der Waals surface area contributed by atoms with Gasteiger partial charge in [-0.2, -0.15) is 0 Å². The highest BCUT2D eigenvalue weighted by molar-refractivity contribution is 9.10. The van der Waals surface area contributed by atoms with E-state index in [4.69, 9.17) is 0 Å². The van der Waals surface area contributed by atoms with Crippen LogP contribution in [0.3, 0.4) is 0 Å². The molecule has 0 heterocycles. The van der Waals surface area contributed by atoms with E-state index >= 15 is 0 Å². The molecule has 0 radical (unpaired) electrons. The predicted molar refractivity (Wildman–Crippen MR) is 80.0 cm³/mol. The van der Waals surface area contributed by atoms with Gasteiger partial charge in [-0.1, -0.05) is 15.9 Å². The molecule has 2 nitrogen and oxygen atoms in total. The van der Waals surface area contributed by atoms with Crippen molar-refractivity contribution in [2.45, 2.75) is 51.2 Å². The average molecular weight is 309 g/mol. The van der Waals surface area contributed by atoms with E-state index in [0.29, 0.717) is 0 Å². The van der Waals surface area contributed by atoms with E-state index in [0.717, 1.165) is 25.2 Å². The first-order valence-electron chi connectivity index (χ1n) is 7.06. The zero-order chi connectivity index (χ0) is 12.5. The molecule has 2 fully saturated rings. The molecule has 0 aromatic heterocycles. The third-order valence-corrected chi connectivity index (χ3v) is 4.33. The van der Waals surface area contributed by atoms with Crippen LogP contribution in [0, 0.1) is 0 Å². The summed E-state index contributed by atoms with van der Waals surface area (Å²) in [7, 11) is 0. The van der Waals surface area contributed by atoms with Gasteiger partial charge in [0.05, 0.1) is 0 Å². The van der Waals surface area contributed by atoms with Crippen LogP contribution < -0.4 is 10.2 Å². The number of benzene rings is 1. The summed E-state index contributed by atoms with van der Waals surface area (Å²) in [5, 5.41) is 3.63. The van der Waals surface area contributed by atoms with Crippen LogP contribution >= 0.6 is 15.9 Å². The van der Waals surface area contributed by atoms with Crippen molar-refractivity contribution in [3.05, 3.63) is 28.2 Å². The molecule has 1 aromatic rings. The molecule has 98 valence electrons. The quantitative estimate of drug-likeness (QED) is 0.862. The molecule has 2 saturated carbocycles. The maximum absolute atomic E-state index is 3.63. The summed E-state index contributed by atoms with van der Waals surface area (Å²) in [5.74, 6) is 0. The van der Waals surface area contributed by atoms with Crippen LogP contribution in [-0.2, 0) is 6.54 Å².